The standard InChI is InChI=1S/C17H13IN4O/c1-2-16(23)21-13-6-7-15-14(9-13)17(20-10-19-15)22-12-5-3-4-11(18)8-12/h2-10H,1H2,(H,21,23)(H,19,20,22). The van der Waals surface area contributed by atoms with E-state index in [1.165, 1.54) is 12.4 Å². The number of carbonyl (C=O) groups is 1. The number of amides is 1. The third-order valence-corrected chi connectivity index (χ3v) is 3.85. The molecule has 23 heavy (non-hydrogen) atoms. The lowest BCUT2D eigenvalue weighted by Crippen LogP contribution is -2.07. The monoisotopic (exact) mass is 416 g/mol. The molecule has 5 nitrogen and oxygen atoms in total. The summed E-state index contributed by atoms with van der Waals surface area (Å²) in [7, 11) is 0. The van der Waals surface area contributed by atoms with Crippen molar-refractivity contribution >= 4 is 56.6 Å². The summed E-state index contributed by atoms with van der Waals surface area (Å²) in [5.41, 5.74) is 2.41. The Morgan fingerprint density at radius 1 is 1.13 bits per heavy atom. The Kier molecular flexibility index (Phi) is 4.52. The molecule has 0 bridgehead atoms. The zero-order valence-corrected chi connectivity index (χ0v) is 14.2. The molecule has 0 atom stereocenters. The summed E-state index contributed by atoms with van der Waals surface area (Å²) in [6.45, 7) is 3.45. The van der Waals surface area contributed by atoms with Crippen molar-refractivity contribution in [3.8, 4) is 0 Å². The van der Waals surface area contributed by atoms with Gasteiger partial charge in [0, 0.05) is 20.3 Å². The molecule has 3 aromatic rings. The molecule has 1 aromatic heterocycles. The maximum absolute atomic E-state index is 11.5. The van der Waals surface area contributed by atoms with E-state index in [1.54, 1.807) is 6.07 Å². The van der Waals surface area contributed by atoms with Crippen molar-refractivity contribution in [2.75, 3.05) is 10.6 Å². The second-order valence-corrected chi connectivity index (χ2v) is 6.03. The van der Waals surface area contributed by atoms with E-state index in [0.29, 0.717) is 11.5 Å². The van der Waals surface area contributed by atoms with E-state index in [2.05, 4.69) is 49.8 Å². The Balaban J connectivity index is 2.00. The largest absolute Gasteiger partial charge is 0.340 e. The number of aromatic nitrogens is 2. The van der Waals surface area contributed by atoms with Crippen LogP contribution in [0.4, 0.5) is 17.2 Å². The molecular formula is C17H13IN4O. The molecule has 6 heteroatoms. The minimum Gasteiger partial charge on any atom is -0.340 e. The SMILES string of the molecule is C=CC(=O)Nc1ccc2ncnc(Nc3cccc(I)c3)c2c1. The van der Waals surface area contributed by atoms with Gasteiger partial charge in [-0.1, -0.05) is 12.6 Å². The summed E-state index contributed by atoms with van der Waals surface area (Å²) in [6.07, 6.45) is 2.75. The number of nitrogens with zero attached hydrogens (tertiary/aromatic N) is 2. The summed E-state index contributed by atoms with van der Waals surface area (Å²) >= 11 is 2.26. The minimum absolute atomic E-state index is 0.256. The van der Waals surface area contributed by atoms with Crippen molar-refractivity contribution in [1.82, 2.24) is 9.97 Å². The lowest BCUT2D eigenvalue weighted by molar-refractivity contribution is -0.111. The van der Waals surface area contributed by atoms with Gasteiger partial charge in [-0.2, -0.15) is 0 Å². The van der Waals surface area contributed by atoms with Crippen molar-refractivity contribution in [3.05, 3.63) is 65.0 Å². The molecule has 114 valence electrons. The van der Waals surface area contributed by atoms with Crippen LogP contribution in [0.5, 0.6) is 0 Å². The molecule has 1 heterocycles. The van der Waals surface area contributed by atoms with Crippen LogP contribution in [0.1, 0.15) is 0 Å². The fraction of sp³-hybridized carbons (Fsp3) is 0. The number of benzene rings is 2. The van der Waals surface area contributed by atoms with Crippen LogP contribution in [0.25, 0.3) is 10.9 Å². The highest BCUT2D eigenvalue weighted by Crippen LogP contribution is 2.26. The predicted molar refractivity (Wildman–Crippen MR) is 101 cm³/mol. The number of halogens is 1. The van der Waals surface area contributed by atoms with Gasteiger partial charge in [-0.25, -0.2) is 9.97 Å². The molecule has 3 rings (SSSR count). The zero-order chi connectivity index (χ0) is 16.2. The van der Waals surface area contributed by atoms with Gasteiger partial charge in [0.1, 0.15) is 12.1 Å². The van der Waals surface area contributed by atoms with E-state index in [1.807, 2.05) is 36.4 Å². The third-order valence-electron chi connectivity index (χ3n) is 3.18. The summed E-state index contributed by atoms with van der Waals surface area (Å²) in [6, 6.07) is 13.5. The fourth-order valence-electron chi connectivity index (χ4n) is 2.13. The fourth-order valence-corrected chi connectivity index (χ4v) is 2.67. The molecule has 0 aliphatic carbocycles. The van der Waals surface area contributed by atoms with Crippen LogP contribution < -0.4 is 10.6 Å². The second-order valence-electron chi connectivity index (χ2n) is 4.78. The average Bonchev–Trinajstić information content (AvgIpc) is 2.55. The van der Waals surface area contributed by atoms with E-state index >= 15 is 0 Å². The second kappa shape index (κ2) is 6.74. The Morgan fingerprint density at radius 2 is 2.00 bits per heavy atom. The summed E-state index contributed by atoms with van der Waals surface area (Å²) in [5, 5.41) is 6.86. The predicted octanol–water partition coefficient (Wildman–Crippen LogP) is 4.10. The van der Waals surface area contributed by atoms with Crippen LogP contribution in [0.3, 0.4) is 0 Å². The number of carbonyl (C=O) groups excluding carboxylic acids is 1. The Hall–Kier alpha value is -2.48. The number of anilines is 3. The first-order chi connectivity index (χ1) is 11.2. The maximum atomic E-state index is 11.5. The topological polar surface area (TPSA) is 66.9 Å². The van der Waals surface area contributed by atoms with Crippen molar-refractivity contribution in [1.29, 1.82) is 0 Å². The van der Waals surface area contributed by atoms with E-state index < -0.39 is 0 Å². The summed E-state index contributed by atoms with van der Waals surface area (Å²) in [4.78, 5) is 20.0. The van der Waals surface area contributed by atoms with Gasteiger partial charge in [0.15, 0.2) is 0 Å². The number of fused-ring (bicyclic) bond motifs is 1. The van der Waals surface area contributed by atoms with Crippen LogP contribution >= 0.6 is 22.6 Å². The highest BCUT2D eigenvalue weighted by Gasteiger charge is 2.06. The van der Waals surface area contributed by atoms with Gasteiger partial charge in [0.25, 0.3) is 0 Å². The first-order valence-electron chi connectivity index (χ1n) is 6.86. The molecular weight excluding hydrogens is 403 g/mol. The molecule has 0 unspecified atom stereocenters. The van der Waals surface area contributed by atoms with Gasteiger partial charge >= 0.3 is 0 Å². The average molecular weight is 416 g/mol. The molecule has 0 saturated carbocycles. The maximum Gasteiger partial charge on any atom is 0.247 e. The first kappa shape index (κ1) is 15.4. The molecule has 0 saturated heterocycles. The molecule has 1 amide bonds. The smallest absolute Gasteiger partial charge is 0.247 e. The molecule has 0 radical (unpaired) electrons. The van der Waals surface area contributed by atoms with Gasteiger partial charge in [-0.05, 0) is 65.1 Å². The Morgan fingerprint density at radius 3 is 2.78 bits per heavy atom. The lowest BCUT2D eigenvalue weighted by Gasteiger charge is -2.10. The van der Waals surface area contributed by atoms with Crippen LogP contribution in [-0.4, -0.2) is 15.9 Å². The number of rotatable bonds is 4. The summed E-state index contributed by atoms with van der Waals surface area (Å²) in [5.74, 6) is 0.431. The Bertz CT molecular complexity index is 895. The molecule has 0 fully saturated rings. The van der Waals surface area contributed by atoms with Crippen molar-refractivity contribution in [3.63, 3.8) is 0 Å². The Labute approximate surface area is 147 Å². The zero-order valence-electron chi connectivity index (χ0n) is 12.1. The lowest BCUT2D eigenvalue weighted by atomic mass is 10.2. The van der Waals surface area contributed by atoms with Crippen molar-refractivity contribution in [2.24, 2.45) is 0 Å². The molecule has 2 N–H and O–H groups in total. The number of hydrogen-bond donors (Lipinski definition) is 2. The quantitative estimate of drug-likeness (QED) is 0.497. The van der Waals surface area contributed by atoms with E-state index in [0.717, 1.165) is 20.2 Å². The molecule has 2 aromatic carbocycles. The van der Waals surface area contributed by atoms with Crippen LogP contribution in [0.15, 0.2) is 61.4 Å². The van der Waals surface area contributed by atoms with Crippen LogP contribution in [-0.2, 0) is 4.79 Å². The minimum atomic E-state index is -0.256. The third kappa shape index (κ3) is 3.65. The van der Waals surface area contributed by atoms with E-state index in [9.17, 15) is 4.79 Å². The normalized spacial score (nSPS) is 10.3. The van der Waals surface area contributed by atoms with E-state index in [-0.39, 0.29) is 5.91 Å². The summed E-state index contributed by atoms with van der Waals surface area (Å²) < 4.78 is 1.13. The highest BCUT2D eigenvalue weighted by molar-refractivity contribution is 14.1. The van der Waals surface area contributed by atoms with Crippen LogP contribution in [0, 0.1) is 3.57 Å². The van der Waals surface area contributed by atoms with Gasteiger partial charge < -0.3 is 10.6 Å². The molecule has 0 aliphatic heterocycles. The van der Waals surface area contributed by atoms with Gasteiger partial charge in [-0.3, -0.25) is 4.79 Å². The number of nitrogens with one attached hydrogen (secondary N) is 2. The van der Waals surface area contributed by atoms with Gasteiger partial charge in [0.2, 0.25) is 5.91 Å². The molecule has 0 spiro atoms. The highest BCUT2D eigenvalue weighted by atomic mass is 127. The molecule has 0 aliphatic rings. The first-order valence-corrected chi connectivity index (χ1v) is 7.94. The van der Waals surface area contributed by atoms with E-state index in [4.69, 9.17) is 0 Å². The van der Waals surface area contributed by atoms with Crippen LogP contribution in [0.2, 0.25) is 0 Å². The van der Waals surface area contributed by atoms with Crippen molar-refractivity contribution < 1.29 is 4.79 Å². The number of hydrogen-bond acceptors (Lipinski definition) is 4. The van der Waals surface area contributed by atoms with Gasteiger partial charge in [0.05, 0.1) is 5.52 Å². The van der Waals surface area contributed by atoms with Gasteiger partial charge in [-0.15, -0.1) is 0 Å². The van der Waals surface area contributed by atoms with Crippen molar-refractivity contribution in [2.45, 2.75) is 0 Å².